The van der Waals surface area contributed by atoms with Gasteiger partial charge in [0.05, 0.1) is 6.04 Å². The van der Waals surface area contributed by atoms with Crippen LogP contribution in [0.3, 0.4) is 0 Å². The number of hydrogen-bond donors (Lipinski definition) is 0. The number of rotatable bonds is 2. The Morgan fingerprint density at radius 2 is 1.27 bits per heavy atom. The predicted octanol–water partition coefficient (Wildman–Crippen LogP) is 6.23. The molecule has 1 aliphatic heterocycles. The molecule has 1 unspecified atom stereocenters. The number of para-hydroxylation sites is 1. The van der Waals surface area contributed by atoms with E-state index in [-0.39, 0.29) is 6.04 Å². The van der Waals surface area contributed by atoms with Gasteiger partial charge in [-0.2, -0.15) is 0 Å². The SMILES string of the molecule is Clc1ccc(C2c3ccccc3N2c2ccc(Cl)cc2)cc1. The van der Waals surface area contributed by atoms with E-state index in [0.717, 1.165) is 15.7 Å². The summed E-state index contributed by atoms with van der Waals surface area (Å²) in [5, 5.41) is 1.51. The van der Waals surface area contributed by atoms with Crippen LogP contribution in [0.25, 0.3) is 0 Å². The first-order valence-electron chi connectivity index (χ1n) is 7.13. The summed E-state index contributed by atoms with van der Waals surface area (Å²) in [6.45, 7) is 0. The molecule has 0 N–H and O–H groups in total. The molecule has 3 aromatic rings. The molecular weight excluding hydrogens is 313 g/mol. The predicted molar refractivity (Wildman–Crippen MR) is 93.3 cm³/mol. The summed E-state index contributed by atoms with van der Waals surface area (Å²) in [5.74, 6) is 0. The van der Waals surface area contributed by atoms with Crippen molar-refractivity contribution in [3.63, 3.8) is 0 Å². The van der Waals surface area contributed by atoms with Crippen molar-refractivity contribution in [2.24, 2.45) is 0 Å². The Kier molecular flexibility index (Phi) is 3.33. The molecule has 22 heavy (non-hydrogen) atoms. The standard InChI is InChI=1S/C19H13Cl2N/c20-14-7-5-13(6-8-14)19-17-3-1-2-4-18(17)22(19)16-11-9-15(21)10-12-16/h1-12,19H. The molecule has 0 aromatic heterocycles. The summed E-state index contributed by atoms with van der Waals surface area (Å²) in [5.41, 5.74) is 4.95. The Morgan fingerprint density at radius 1 is 0.682 bits per heavy atom. The van der Waals surface area contributed by atoms with Crippen LogP contribution in [-0.4, -0.2) is 0 Å². The number of fused-ring (bicyclic) bond motifs is 1. The number of nitrogens with zero attached hydrogens (tertiary/aromatic N) is 1. The van der Waals surface area contributed by atoms with Gasteiger partial charge in [0.25, 0.3) is 0 Å². The van der Waals surface area contributed by atoms with E-state index in [1.807, 2.05) is 24.3 Å². The van der Waals surface area contributed by atoms with E-state index < -0.39 is 0 Å². The first kappa shape index (κ1) is 13.7. The minimum absolute atomic E-state index is 0.217. The first-order chi connectivity index (χ1) is 10.7. The van der Waals surface area contributed by atoms with E-state index in [0.29, 0.717) is 0 Å². The fraction of sp³-hybridized carbons (Fsp3) is 0.0526. The fourth-order valence-electron chi connectivity index (χ4n) is 3.01. The lowest BCUT2D eigenvalue weighted by atomic mass is 9.87. The maximum Gasteiger partial charge on any atom is 0.0865 e. The van der Waals surface area contributed by atoms with Crippen LogP contribution in [-0.2, 0) is 0 Å². The van der Waals surface area contributed by atoms with Gasteiger partial charge in [-0.15, -0.1) is 0 Å². The normalized spacial score (nSPS) is 16.1. The molecule has 3 heteroatoms. The molecule has 3 aromatic carbocycles. The van der Waals surface area contributed by atoms with Crippen LogP contribution in [0.4, 0.5) is 11.4 Å². The minimum atomic E-state index is 0.217. The molecule has 0 saturated carbocycles. The summed E-state index contributed by atoms with van der Waals surface area (Å²) in [4.78, 5) is 2.33. The average molecular weight is 326 g/mol. The van der Waals surface area contributed by atoms with Crippen LogP contribution in [0, 0.1) is 0 Å². The van der Waals surface area contributed by atoms with Gasteiger partial charge in [0, 0.05) is 27.0 Å². The van der Waals surface area contributed by atoms with Crippen molar-refractivity contribution >= 4 is 34.6 Å². The molecule has 0 aliphatic carbocycles. The van der Waals surface area contributed by atoms with E-state index in [4.69, 9.17) is 23.2 Å². The first-order valence-corrected chi connectivity index (χ1v) is 7.89. The van der Waals surface area contributed by atoms with Crippen molar-refractivity contribution < 1.29 is 0 Å². The lowest BCUT2D eigenvalue weighted by Crippen LogP contribution is -2.34. The molecule has 1 nitrogen and oxygen atoms in total. The third kappa shape index (κ3) is 2.18. The lowest BCUT2D eigenvalue weighted by molar-refractivity contribution is 0.747. The third-order valence-electron chi connectivity index (χ3n) is 4.04. The van der Waals surface area contributed by atoms with Crippen LogP contribution in [0.1, 0.15) is 17.2 Å². The van der Waals surface area contributed by atoms with Gasteiger partial charge in [-0.3, -0.25) is 0 Å². The molecule has 1 aliphatic rings. The molecule has 1 atom stereocenters. The highest BCUT2D eigenvalue weighted by atomic mass is 35.5. The van der Waals surface area contributed by atoms with Crippen LogP contribution < -0.4 is 4.90 Å². The van der Waals surface area contributed by atoms with Crippen molar-refractivity contribution in [2.45, 2.75) is 6.04 Å². The summed E-state index contributed by atoms with van der Waals surface area (Å²) >= 11 is 12.0. The van der Waals surface area contributed by atoms with Gasteiger partial charge < -0.3 is 4.90 Å². The molecule has 108 valence electrons. The van der Waals surface area contributed by atoms with E-state index in [2.05, 4.69) is 53.4 Å². The zero-order valence-corrected chi connectivity index (χ0v) is 13.2. The van der Waals surface area contributed by atoms with Gasteiger partial charge in [0.15, 0.2) is 0 Å². The summed E-state index contributed by atoms with van der Waals surface area (Å²) in [6, 6.07) is 24.7. The van der Waals surface area contributed by atoms with E-state index in [1.54, 1.807) is 0 Å². The van der Waals surface area contributed by atoms with Crippen LogP contribution in [0.5, 0.6) is 0 Å². The second kappa shape index (κ2) is 5.35. The minimum Gasteiger partial charge on any atom is -0.329 e. The average Bonchev–Trinajstić information content (AvgIpc) is 2.53. The van der Waals surface area contributed by atoms with Gasteiger partial charge >= 0.3 is 0 Å². The second-order valence-electron chi connectivity index (χ2n) is 5.36. The molecule has 0 fully saturated rings. The van der Waals surface area contributed by atoms with Crippen molar-refractivity contribution in [3.8, 4) is 0 Å². The van der Waals surface area contributed by atoms with Crippen molar-refractivity contribution in [1.82, 2.24) is 0 Å². The van der Waals surface area contributed by atoms with Gasteiger partial charge in [0.2, 0.25) is 0 Å². The number of hydrogen-bond acceptors (Lipinski definition) is 1. The molecular formula is C19H13Cl2N. The molecule has 0 bridgehead atoms. The van der Waals surface area contributed by atoms with Gasteiger partial charge in [0.1, 0.15) is 0 Å². The van der Waals surface area contributed by atoms with E-state index in [1.165, 1.54) is 16.8 Å². The Morgan fingerprint density at radius 3 is 1.95 bits per heavy atom. The Hall–Kier alpha value is -1.96. The van der Waals surface area contributed by atoms with Crippen molar-refractivity contribution in [3.05, 3.63) is 94.0 Å². The molecule has 0 saturated heterocycles. The molecule has 0 spiro atoms. The molecule has 0 radical (unpaired) electrons. The third-order valence-corrected chi connectivity index (χ3v) is 4.54. The molecule has 1 heterocycles. The van der Waals surface area contributed by atoms with E-state index in [9.17, 15) is 0 Å². The highest BCUT2D eigenvalue weighted by Gasteiger charge is 2.36. The summed E-state index contributed by atoms with van der Waals surface area (Å²) < 4.78 is 0. The number of benzene rings is 3. The summed E-state index contributed by atoms with van der Waals surface area (Å²) in [6.07, 6.45) is 0. The number of halogens is 2. The van der Waals surface area contributed by atoms with E-state index >= 15 is 0 Å². The van der Waals surface area contributed by atoms with Crippen LogP contribution in [0.2, 0.25) is 10.0 Å². The van der Waals surface area contributed by atoms with Gasteiger partial charge in [-0.1, -0.05) is 53.5 Å². The van der Waals surface area contributed by atoms with Crippen molar-refractivity contribution in [2.75, 3.05) is 4.90 Å². The Labute approximate surface area is 139 Å². The largest absolute Gasteiger partial charge is 0.329 e. The lowest BCUT2D eigenvalue weighted by Gasteiger charge is -2.45. The Balaban J connectivity index is 1.81. The van der Waals surface area contributed by atoms with Crippen LogP contribution >= 0.6 is 23.2 Å². The fourth-order valence-corrected chi connectivity index (χ4v) is 3.27. The highest BCUT2D eigenvalue weighted by Crippen LogP contribution is 2.51. The molecule has 4 rings (SSSR count). The summed E-state index contributed by atoms with van der Waals surface area (Å²) in [7, 11) is 0. The quantitative estimate of drug-likeness (QED) is 0.539. The van der Waals surface area contributed by atoms with Gasteiger partial charge in [-0.25, -0.2) is 0 Å². The maximum atomic E-state index is 6.02. The topological polar surface area (TPSA) is 3.24 Å². The van der Waals surface area contributed by atoms with Gasteiger partial charge in [-0.05, 0) is 48.0 Å². The van der Waals surface area contributed by atoms with Crippen LogP contribution in [0.15, 0.2) is 72.8 Å². The smallest absolute Gasteiger partial charge is 0.0865 e. The van der Waals surface area contributed by atoms with Crippen molar-refractivity contribution in [1.29, 1.82) is 0 Å². The number of anilines is 2. The highest BCUT2D eigenvalue weighted by molar-refractivity contribution is 6.30. The zero-order chi connectivity index (χ0) is 15.1. The maximum absolute atomic E-state index is 6.02. The monoisotopic (exact) mass is 325 g/mol. The second-order valence-corrected chi connectivity index (χ2v) is 6.23. The Bertz CT molecular complexity index is 739. The molecule has 0 amide bonds. The zero-order valence-electron chi connectivity index (χ0n) is 11.7.